The Hall–Kier alpha value is -2.86. The number of amides is 2. The highest BCUT2D eigenvalue weighted by molar-refractivity contribution is 7.90. The molecule has 0 saturated carbocycles. The Morgan fingerprint density at radius 1 is 1.26 bits per heavy atom. The lowest BCUT2D eigenvalue weighted by Crippen LogP contribution is -2.53. The lowest BCUT2D eigenvalue weighted by Gasteiger charge is -2.39. The minimum atomic E-state index is -4.89. The number of carbonyl (C=O) groups excluding carboxylic acids is 2. The summed E-state index contributed by atoms with van der Waals surface area (Å²) in [5.74, 6) is -0.964. The summed E-state index contributed by atoms with van der Waals surface area (Å²) < 4.78 is 71.7. The topological polar surface area (TPSA) is 105 Å². The lowest BCUT2D eigenvalue weighted by atomic mass is 9.66. The maximum atomic E-state index is 14.5. The third kappa shape index (κ3) is 5.08. The minimum Gasteiger partial charge on any atom is -0.465 e. The molecule has 1 N–H and O–H groups in total. The summed E-state index contributed by atoms with van der Waals surface area (Å²) in [5, 5.41) is 7.07. The van der Waals surface area contributed by atoms with Crippen molar-refractivity contribution in [2.45, 2.75) is 31.3 Å². The molecule has 190 valence electrons. The third-order valence-corrected chi connectivity index (χ3v) is 7.13. The predicted octanol–water partition coefficient (Wildman–Crippen LogP) is 4.49. The molecule has 0 fully saturated rings. The Kier molecular flexibility index (Phi) is 7.11. The standard InChI is InChI=1S/C22H23ClF3N3O5S/c1-4-34-18(30)20(2)13-29(19(31)27-15-7-9-16(10-8-15)35(3,32)33)28-17(20)21(22(24,25)26)11-5-6-14(23)12-21/h5-11H,4,12-13H2,1-3H3,(H,27,31). The van der Waals surface area contributed by atoms with E-state index in [2.05, 4.69) is 10.4 Å². The van der Waals surface area contributed by atoms with Crippen LogP contribution in [0.2, 0.25) is 0 Å². The summed E-state index contributed by atoms with van der Waals surface area (Å²) >= 11 is 5.97. The van der Waals surface area contributed by atoms with E-state index in [-0.39, 0.29) is 22.2 Å². The van der Waals surface area contributed by atoms with Crippen molar-refractivity contribution in [2.24, 2.45) is 15.9 Å². The Labute approximate surface area is 205 Å². The normalized spacial score (nSPS) is 24.6. The molecule has 0 saturated heterocycles. The van der Waals surface area contributed by atoms with E-state index in [1.807, 2.05) is 0 Å². The molecule has 0 bridgehead atoms. The second kappa shape index (κ2) is 9.30. The number of hydrazone groups is 1. The number of halogens is 4. The fourth-order valence-electron chi connectivity index (χ4n) is 3.96. The fraction of sp³-hybridized carbons (Fsp3) is 0.409. The van der Waals surface area contributed by atoms with Gasteiger partial charge in [0.05, 0.1) is 23.8 Å². The van der Waals surface area contributed by atoms with Crippen LogP contribution in [0.15, 0.2) is 57.5 Å². The third-order valence-electron chi connectivity index (χ3n) is 5.74. The van der Waals surface area contributed by atoms with Crippen LogP contribution in [0.4, 0.5) is 23.7 Å². The number of hydrogen-bond acceptors (Lipinski definition) is 6. The number of urea groups is 1. The van der Waals surface area contributed by atoms with E-state index < -0.39 is 57.5 Å². The molecule has 2 atom stereocenters. The van der Waals surface area contributed by atoms with Crippen molar-refractivity contribution in [1.82, 2.24) is 5.01 Å². The zero-order chi connectivity index (χ0) is 26.2. The first-order chi connectivity index (χ1) is 16.1. The zero-order valence-corrected chi connectivity index (χ0v) is 20.6. The second-order valence-electron chi connectivity index (χ2n) is 8.40. The number of nitrogens with zero attached hydrogens (tertiary/aromatic N) is 2. The monoisotopic (exact) mass is 533 g/mol. The molecular weight excluding hydrogens is 511 g/mol. The molecule has 0 aromatic heterocycles. The van der Waals surface area contributed by atoms with Gasteiger partial charge in [-0.15, -0.1) is 0 Å². The molecule has 0 spiro atoms. The van der Waals surface area contributed by atoms with Crippen LogP contribution in [-0.4, -0.2) is 56.7 Å². The van der Waals surface area contributed by atoms with Gasteiger partial charge >= 0.3 is 18.2 Å². The highest BCUT2D eigenvalue weighted by atomic mass is 35.5. The Bertz CT molecular complexity index is 1230. The van der Waals surface area contributed by atoms with Gasteiger partial charge in [-0.2, -0.15) is 18.3 Å². The molecule has 1 aromatic carbocycles. The number of hydrogen-bond donors (Lipinski definition) is 1. The first kappa shape index (κ1) is 26.7. The number of ether oxygens (including phenoxy) is 1. The van der Waals surface area contributed by atoms with Gasteiger partial charge in [0, 0.05) is 23.4 Å². The highest BCUT2D eigenvalue weighted by Gasteiger charge is 2.65. The van der Waals surface area contributed by atoms with Gasteiger partial charge in [-0.25, -0.2) is 18.2 Å². The molecule has 0 radical (unpaired) electrons. The summed E-state index contributed by atoms with van der Waals surface area (Å²) in [7, 11) is -3.46. The van der Waals surface area contributed by atoms with E-state index in [1.165, 1.54) is 44.2 Å². The van der Waals surface area contributed by atoms with Crippen molar-refractivity contribution in [3.8, 4) is 0 Å². The van der Waals surface area contributed by atoms with E-state index >= 15 is 0 Å². The van der Waals surface area contributed by atoms with Gasteiger partial charge in [0.25, 0.3) is 0 Å². The highest BCUT2D eigenvalue weighted by Crippen LogP contribution is 2.53. The van der Waals surface area contributed by atoms with Gasteiger partial charge in [-0.1, -0.05) is 23.8 Å². The van der Waals surface area contributed by atoms with Crippen LogP contribution in [0.5, 0.6) is 0 Å². The van der Waals surface area contributed by atoms with Gasteiger partial charge in [0.1, 0.15) is 10.8 Å². The first-order valence-corrected chi connectivity index (χ1v) is 12.7. The number of rotatable bonds is 5. The molecule has 8 nitrogen and oxygen atoms in total. The summed E-state index contributed by atoms with van der Waals surface area (Å²) in [6.07, 6.45) is -1.23. The molecule has 35 heavy (non-hydrogen) atoms. The number of nitrogens with one attached hydrogen (secondary N) is 1. The number of sulfone groups is 1. The molecule has 1 heterocycles. The maximum absolute atomic E-state index is 14.5. The Balaban J connectivity index is 2.01. The van der Waals surface area contributed by atoms with E-state index in [4.69, 9.17) is 16.3 Å². The van der Waals surface area contributed by atoms with E-state index in [0.717, 1.165) is 23.4 Å². The largest absolute Gasteiger partial charge is 0.465 e. The second-order valence-corrected chi connectivity index (χ2v) is 10.9. The average molecular weight is 534 g/mol. The number of allylic oxidation sites excluding steroid dienone is 4. The molecular formula is C22H23ClF3N3O5S. The predicted molar refractivity (Wildman–Crippen MR) is 124 cm³/mol. The number of anilines is 1. The molecule has 1 aliphatic heterocycles. The Morgan fingerprint density at radius 3 is 2.40 bits per heavy atom. The molecule has 2 amide bonds. The quantitative estimate of drug-likeness (QED) is 0.561. The number of benzene rings is 1. The molecule has 2 unspecified atom stereocenters. The lowest BCUT2D eigenvalue weighted by molar-refractivity contribution is -0.183. The van der Waals surface area contributed by atoms with Crippen LogP contribution >= 0.6 is 11.6 Å². The smallest absolute Gasteiger partial charge is 0.403 e. The summed E-state index contributed by atoms with van der Waals surface area (Å²) in [6, 6.07) is 4.27. The van der Waals surface area contributed by atoms with E-state index in [9.17, 15) is 31.2 Å². The maximum Gasteiger partial charge on any atom is 0.403 e. The SMILES string of the molecule is CCOC(=O)C1(C)CN(C(=O)Nc2ccc(S(C)(=O)=O)cc2)N=C1C1(C(F)(F)F)C=CC=C(Cl)C1. The van der Waals surface area contributed by atoms with Crippen LogP contribution < -0.4 is 5.32 Å². The molecule has 1 aromatic rings. The summed E-state index contributed by atoms with van der Waals surface area (Å²) in [6.45, 7) is 2.15. The van der Waals surface area contributed by atoms with Crippen molar-refractivity contribution in [3.05, 3.63) is 47.5 Å². The molecule has 13 heteroatoms. The van der Waals surface area contributed by atoms with Crippen molar-refractivity contribution in [3.63, 3.8) is 0 Å². The van der Waals surface area contributed by atoms with Gasteiger partial charge < -0.3 is 10.1 Å². The summed E-state index contributed by atoms with van der Waals surface area (Å²) in [5.41, 5.74) is -5.08. The first-order valence-electron chi connectivity index (χ1n) is 10.4. The van der Waals surface area contributed by atoms with Crippen LogP contribution in [0, 0.1) is 10.8 Å². The van der Waals surface area contributed by atoms with Crippen molar-refractivity contribution >= 4 is 44.8 Å². The zero-order valence-electron chi connectivity index (χ0n) is 19.0. The van der Waals surface area contributed by atoms with Crippen LogP contribution in [0.25, 0.3) is 0 Å². The molecule has 3 rings (SSSR count). The number of carbonyl (C=O) groups is 2. The molecule has 1 aliphatic carbocycles. The van der Waals surface area contributed by atoms with Crippen LogP contribution in [0.3, 0.4) is 0 Å². The van der Waals surface area contributed by atoms with Crippen molar-refractivity contribution in [1.29, 1.82) is 0 Å². The molecule has 2 aliphatic rings. The van der Waals surface area contributed by atoms with Crippen LogP contribution in [-0.2, 0) is 19.4 Å². The van der Waals surface area contributed by atoms with E-state index in [0.29, 0.717) is 0 Å². The number of alkyl halides is 3. The van der Waals surface area contributed by atoms with Crippen LogP contribution in [0.1, 0.15) is 20.3 Å². The minimum absolute atomic E-state index is 0.0213. The fourth-order valence-corrected chi connectivity index (χ4v) is 4.87. The van der Waals surface area contributed by atoms with Gasteiger partial charge in [-0.05, 0) is 44.2 Å². The average Bonchev–Trinajstić information content (AvgIpc) is 3.12. The van der Waals surface area contributed by atoms with Gasteiger partial charge in [0.2, 0.25) is 0 Å². The van der Waals surface area contributed by atoms with Gasteiger partial charge in [-0.3, -0.25) is 4.79 Å². The van der Waals surface area contributed by atoms with Gasteiger partial charge in [0.15, 0.2) is 9.84 Å². The summed E-state index contributed by atoms with van der Waals surface area (Å²) in [4.78, 5) is 25.8. The van der Waals surface area contributed by atoms with Crippen molar-refractivity contribution in [2.75, 3.05) is 24.7 Å². The van der Waals surface area contributed by atoms with Crippen molar-refractivity contribution < 1.29 is 35.9 Å². The Morgan fingerprint density at radius 2 is 1.89 bits per heavy atom. The van der Waals surface area contributed by atoms with E-state index in [1.54, 1.807) is 0 Å². The number of esters is 1.